The molecule has 0 bridgehead atoms. The van der Waals surface area contributed by atoms with E-state index in [4.69, 9.17) is 55.9 Å². The Hall–Kier alpha value is -1.86. The summed E-state index contributed by atoms with van der Waals surface area (Å²) in [6.45, 7) is 0. The Morgan fingerprint density at radius 3 is 1.89 bits per heavy atom. The Morgan fingerprint density at radius 2 is 1.39 bits per heavy atom. The van der Waals surface area contributed by atoms with Gasteiger partial charge in [-0.15, -0.1) is 11.6 Å². The predicted molar refractivity (Wildman–Crippen MR) is 106 cm³/mol. The summed E-state index contributed by atoms with van der Waals surface area (Å²) < 4.78 is 20.5. The SMILES string of the molecule is COC(=O)c1ccc(OC(CCl)Oc2c(Cl)cc(C(=O)OC)cc2Cl)c(Cl)c1. The molecular weight excluding hydrogens is 454 g/mol. The maximum absolute atomic E-state index is 11.6. The summed E-state index contributed by atoms with van der Waals surface area (Å²) >= 11 is 24.3. The number of ether oxygens (including phenoxy) is 4. The Morgan fingerprint density at radius 1 is 0.857 bits per heavy atom. The summed E-state index contributed by atoms with van der Waals surface area (Å²) in [5.74, 6) is -0.941. The van der Waals surface area contributed by atoms with Crippen molar-refractivity contribution in [2.75, 3.05) is 20.1 Å². The molecule has 0 saturated carbocycles. The molecule has 0 saturated heterocycles. The number of hydrogen-bond acceptors (Lipinski definition) is 6. The van der Waals surface area contributed by atoms with Crippen molar-refractivity contribution in [3.05, 3.63) is 56.5 Å². The number of hydrogen-bond donors (Lipinski definition) is 0. The van der Waals surface area contributed by atoms with E-state index in [1.807, 2.05) is 0 Å². The minimum absolute atomic E-state index is 0.0683. The maximum atomic E-state index is 11.6. The molecule has 1 unspecified atom stereocenters. The van der Waals surface area contributed by atoms with Crippen LogP contribution in [0.5, 0.6) is 11.5 Å². The molecule has 0 aromatic heterocycles. The van der Waals surface area contributed by atoms with E-state index >= 15 is 0 Å². The molecule has 10 heteroatoms. The first kappa shape index (κ1) is 22.4. The summed E-state index contributed by atoms with van der Waals surface area (Å²) in [5, 5.41) is 0.289. The van der Waals surface area contributed by atoms with Crippen molar-refractivity contribution < 1.29 is 28.5 Å². The lowest BCUT2D eigenvalue weighted by Gasteiger charge is -2.21. The Kier molecular flexibility index (Phi) is 8.07. The molecule has 0 aliphatic carbocycles. The summed E-state index contributed by atoms with van der Waals surface area (Å²) in [6, 6.07) is 7.03. The van der Waals surface area contributed by atoms with E-state index in [-0.39, 0.29) is 43.6 Å². The molecule has 0 fully saturated rings. The molecule has 1 atom stereocenters. The lowest BCUT2D eigenvalue weighted by molar-refractivity contribution is 0.0255. The molecule has 2 aromatic carbocycles. The Balaban J connectivity index is 2.21. The van der Waals surface area contributed by atoms with Gasteiger partial charge in [-0.05, 0) is 30.3 Å². The maximum Gasteiger partial charge on any atom is 0.337 e. The van der Waals surface area contributed by atoms with E-state index in [0.717, 1.165) is 0 Å². The van der Waals surface area contributed by atoms with Gasteiger partial charge in [-0.25, -0.2) is 9.59 Å². The third kappa shape index (κ3) is 5.35. The second kappa shape index (κ2) is 10.1. The number of carbonyl (C=O) groups excluding carboxylic acids is 2. The van der Waals surface area contributed by atoms with Gasteiger partial charge < -0.3 is 18.9 Å². The second-order valence-electron chi connectivity index (χ2n) is 5.22. The van der Waals surface area contributed by atoms with E-state index < -0.39 is 18.2 Å². The monoisotopic (exact) mass is 466 g/mol. The van der Waals surface area contributed by atoms with Gasteiger partial charge in [-0.2, -0.15) is 0 Å². The third-order valence-electron chi connectivity index (χ3n) is 3.41. The molecule has 0 aliphatic rings. The zero-order chi connectivity index (χ0) is 20.8. The highest BCUT2D eigenvalue weighted by molar-refractivity contribution is 6.37. The zero-order valence-corrected chi connectivity index (χ0v) is 17.7. The van der Waals surface area contributed by atoms with E-state index in [9.17, 15) is 9.59 Å². The second-order valence-corrected chi connectivity index (χ2v) is 6.75. The van der Waals surface area contributed by atoms with Crippen molar-refractivity contribution in [2.24, 2.45) is 0 Å². The van der Waals surface area contributed by atoms with E-state index in [2.05, 4.69) is 9.47 Å². The fraction of sp³-hybridized carbons (Fsp3) is 0.222. The largest absolute Gasteiger partial charge is 0.465 e. The van der Waals surface area contributed by atoms with E-state index in [1.54, 1.807) is 0 Å². The number of rotatable bonds is 7. The molecule has 150 valence electrons. The van der Waals surface area contributed by atoms with Crippen LogP contribution in [-0.2, 0) is 9.47 Å². The molecular formula is C18H14Cl4O6. The van der Waals surface area contributed by atoms with Gasteiger partial charge in [0.15, 0.2) is 5.75 Å². The fourth-order valence-corrected chi connectivity index (χ4v) is 3.04. The number of carbonyl (C=O) groups is 2. The Bertz CT molecular complexity index is 863. The van der Waals surface area contributed by atoms with Crippen LogP contribution in [0.25, 0.3) is 0 Å². The average Bonchev–Trinajstić information content (AvgIpc) is 2.69. The number of alkyl halides is 1. The summed E-state index contributed by atoms with van der Waals surface area (Å²) in [6.07, 6.45) is -1.01. The van der Waals surface area contributed by atoms with Crippen molar-refractivity contribution in [3.8, 4) is 11.5 Å². The molecule has 0 radical (unpaired) electrons. The highest BCUT2D eigenvalue weighted by Crippen LogP contribution is 2.36. The molecule has 0 amide bonds. The zero-order valence-electron chi connectivity index (χ0n) is 14.6. The van der Waals surface area contributed by atoms with E-state index in [0.29, 0.717) is 0 Å². The van der Waals surface area contributed by atoms with Crippen LogP contribution < -0.4 is 9.47 Å². The van der Waals surface area contributed by atoms with Gasteiger partial charge in [0, 0.05) is 0 Å². The summed E-state index contributed by atoms with van der Waals surface area (Å²) in [4.78, 5) is 23.1. The van der Waals surface area contributed by atoms with Gasteiger partial charge in [-0.3, -0.25) is 0 Å². The molecule has 2 aromatic rings. The van der Waals surface area contributed by atoms with Crippen LogP contribution in [0.3, 0.4) is 0 Å². The van der Waals surface area contributed by atoms with Crippen molar-refractivity contribution in [2.45, 2.75) is 6.29 Å². The molecule has 28 heavy (non-hydrogen) atoms. The first-order valence-electron chi connectivity index (χ1n) is 7.65. The van der Waals surface area contributed by atoms with Crippen LogP contribution in [0, 0.1) is 0 Å². The first-order valence-corrected chi connectivity index (χ1v) is 9.32. The topological polar surface area (TPSA) is 71.1 Å². The fourth-order valence-electron chi connectivity index (χ4n) is 2.11. The van der Waals surface area contributed by atoms with Gasteiger partial charge >= 0.3 is 11.9 Å². The van der Waals surface area contributed by atoms with E-state index in [1.165, 1.54) is 44.6 Å². The van der Waals surface area contributed by atoms with Crippen LogP contribution >= 0.6 is 46.4 Å². The Labute approximate surface area is 181 Å². The first-order chi connectivity index (χ1) is 13.3. The highest BCUT2D eigenvalue weighted by Gasteiger charge is 2.20. The van der Waals surface area contributed by atoms with Gasteiger partial charge in [0.1, 0.15) is 5.75 Å². The van der Waals surface area contributed by atoms with Crippen LogP contribution in [-0.4, -0.2) is 38.3 Å². The minimum atomic E-state index is -1.01. The van der Waals surface area contributed by atoms with Crippen LogP contribution in [0.1, 0.15) is 20.7 Å². The van der Waals surface area contributed by atoms with Crippen LogP contribution in [0.15, 0.2) is 30.3 Å². The van der Waals surface area contributed by atoms with Gasteiger partial charge in [0.05, 0.1) is 46.3 Å². The highest BCUT2D eigenvalue weighted by atomic mass is 35.5. The molecule has 0 aliphatic heterocycles. The van der Waals surface area contributed by atoms with Crippen molar-refractivity contribution >= 4 is 58.3 Å². The smallest absolute Gasteiger partial charge is 0.337 e. The lowest BCUT2D eigenvalue weighted by atomic mass is 10.2. The lowest BCUT2D eigenvalue weighted by Crippen LogP contribution is -2.26. The molecule has 0 spiro atoms. The van der Waals surface area contributed by atoms with Gasteiger partial charge in [0.2, 0.25) is 0 Å². The molecule has 6 nitrogen and oxygen atoms in total. The van der Waals surface area contributed by atoms with Crippen molar-refractivity contribution in [1.82, 2.24) is 0 Å². The summed E-state index contributed by atoms with van der Waals surface area (Å²) in [7, 11) is 2.50. The number of esters is 2. The van der Waals surface area contributed by atoms with Crippen LogP contribution in [0.4, 0.5) is 0 Å². The predicted octanol–water partition coefficient (Wildman–Crippen LogP) is 5.24. The van der Waals surface area contributed by atoms with Crippen LogP contribution in [0.2, 0.25) is 15.1 Å². The van der Waals surface area contributed by atoms with Gasteiger partial charge in [0.25, 0.3) is 6.29 Å². The molecule has 2 rings (SSSR count). The van der Waals surface area contributed by atoms with Crippen molar-refractivity contribution in [1.29, 1.82) is 0 Å². The number of methoxy groups -OCH3 is 2. The summed E-state index contributed by atoms with van der Waals surface area (Å²) in [5.41, 5.74) is 0.419. The van der Waals surface area contributed by atoms with Crippen molar-refractivity contribution in [3.63, 3.8) is 0 Å². The average molecular weight is 468 g/mol. The minimum Gasteiger partial charge on any atom is -0.465 e. The van der Waals surface area contributed by atoms with Gasteiger partial charge in [-0.1, -0.05) is 34.8 Å². The normalized spacial score (nSPS) is 11.5. The molecule has 0 heterocycles. The number of benzene rings is 2. The third-order valence-corrected chi connectivity index (χ3v) is 4.51. The molecule has 0 N–H and O–H groups in total. The quantitative estimate of drug-likeness (QED) is 0.315. The number of halogens is 4. The standard InChI is InChI=1S/C18H14Cl4O6/c1-25-17(23)9-3-4-14(11(20)5-9)27-15(8-19)28-16-12(21)6-10(7-13(16)22)18(24)26-2/h3-7,15H,8H2,1-2H3.